The Hall–Kier alpha value is -6.12. The lowest BCUT2D eigenvalue weighted by Crippen LogP contribution is -2.61. The fourth-order valence-corrected chi connectivity index (χ4v) is 6.80. The first-order chi connectivity index (χ1) is 29.3. The van der Waals surface area contributed by atoms with Crippen LogP contribution in [-0.4, -0.2) is 91.7 Å². The number of hydrogen-bond donors (Lipinski definition) is 11. The van der Waals surface area contributed by atoms with Gasteiger partial charge in [0.2, 0.25) is 23.6 Å². The lowest BCUT2D eigenvalue weighted by molar-refractivity contribution is -0.130. The summed E-state index contributed by atoms with van der Waals surface area (Å²) in [5, 5.41) is 24.3. The molecule has 18 nitrogen and oxygen atoms in total. The van der Waals surface area contributed by atoms with Gasteiger partial charge >= 0.3 is 6.03 Å². The van der Waals surface area contributed by atoms with Gasteiger partial charge in [-0.05, 0) is 62.1 Å². The van der Waals surface area contributed by atoms with Gasteiger partial charge in [0.1, 0.15) is 24.4 Å². The fraction of sp³-hybridized carbons (Fsp3) is 0.333. The van der Waals surface area contributed by atoms with Crippen molar-refractivity contribution in [2.24, 2.45) is 17.2 Å². The molecule has 5 rings (SSSR count). The van der Waals surface area contributed by atoms with E-state index in [2.05, 4.69) is 57.6 Å². The highest BCUT2D eigenvalue weighted by atomic mass is 79.9. The van der Waals surface area contributed by atoms with E-state index in [4.69, 9.17) is 17.2 Å². The van der Waals surface area contributed by atoms with Gasteiger partial charge < -0.3 is 53.5 Å². The summed E-state index contributed by atoms with van der Waals surface area (Å²) in [4.78, 5) is 77.9. The summed E-state index contributed by atoms with van der Waals surface area (Å²) in [6.07, 6.45) is 4.69. The first kappa shape index (κ1) is 46.0. The highest BCUT2D eigenvalue weighted by Gasteiger charge is 2.32. The normalized spacial score (nSPS) is 14.2. The van der Waals surface area contributed by atoms with E-state index in [-0.39, 0.29) is 25.8 Å². The molecule has 6 atom stereocenters. The van der Waals surface area contributed by atoms with Crippen molar-refractivity contribution in [3.8, 4) is 0 Å². The monoisotopic (exact) mass is 900 g/mol. The van der Waals surface area contributed by atoms with Crippen LogP contribution in [-0.2, 0) is 38.6 Å². The number of urea groups is 1. The molecule has 0 spiro atoms. The number of hydrogen-bond acceptors (Lipinski definition) is 10. The molecule has 0 saturated carbocycles. The first-order valence-electron chi connectivity index (χ1n) is 19.8. The van der Waals surface area contributed by atoms with Crippen LogP contribution in [0.3, 0.4) is 0 Å². The van der Waals surface area contributed by atoms with Crippen LogP contribution in [0.2, 0.25) is 0 Å². The van der Waals surface area contributed by atoms with Crippen LogP contribution < -0.4 is 43.9 Å². The van der Waals surface area contributed by atoms with Crippen molar-refractivity contribution in [1.29, 1.82) is 0 Å². The number of para-hydroxylation sites is 1. The predicted octanol–water partition coefficient (Wildman–Crippen LogP) is 1.63. The largest absolute Gasteiger partial charge is 0.375 e. The molecule has 0 radical (unpaired) electrons. The van der Waals surface area contributed by atoms with Gasteiger partial charge in [0.15, 0.2) is 0 Å². The van der Waals surface area contributed by atoms with Gasteiger partial charge in [0.05, 0.1) is 25.0 Å². The van der Waals surface area contributed by atoms with E-state index >= 15 is 0 Å². The molecule has 6 amide bonds. The number of halogens is 1. The second-order valence-corrected chi connectivity index (χ2v) is 15.6. The van der Waals surface area contributed by atoms with Crippen LogP contribution in [0.4, 0.5) is 4.79 Å². The van der Waals surface area contributed by atoms with Crippen molar-refractivity contribution in [3.05, 3.63) is 124 Å². The number of carbonyl (C=O) groups excluding carboxylic acids is 5. The summed E-state index contributed by atoms with van der Waals surface area (Å²) in [6.45, 7) is 1.83. The van der Waals surface area contributed by atoms with E-state index < -0.39 is 66.1 Å². The molecule has 2 heterocycles. The molecule has 0 saturated heterocycles. The number of amides is 6. The Labute approximate surface area is 361 Å². The molecule has 0 bridgehead atoms. The van der Waals surface area contributed by atoms with E-state index in [1.54, 1.807) is 73.1 Å². The number of benzene rings is 3. The third kappa shape index (κ3) is 13.4. The SMILES string of the molecule is C[C@H](NC(=O)C(NC(=O)C(N)Cc1cnc[nH]1)c1c[nH]c2ccccc12)C(O)NN(Cc1ccc(Br)cc1)C(=O)N[C@H](Cc1ccccc1)C(=O)N[C@@H](CCCCN)C(N)=O. The molecule has 2 aromatic heterocycles. The van der Waals surface area contributed by atoms with E-state index in [1.807, 2.05) is 18.2 Å². The number of aromatic nitrogens is 3. The minimum absolute atomic E-state index is 0.0559. The van der Waals surface area contributed by atoms with Gasteiger partial charge in [-0.3, -0.25) is 24.2 Å². The number of aliphatic hydroxyl groups is 1. The van der Waals surface area contributed by atoms with Crippen molar-refractivity contribution >= 4 is 56.5 Å². The predicted molar refractivity (Wildman–Crippen MR) is 232 cm³/mol. The fourth-order valence-electron chi connectivity index (χ4n) is 6.54. The van der Waals surface area contributed by atoms with Crippen molar-refractivity contribution < 1.29 is 29.1 Å². The van der Waals surface area contributed by atoms with Crippen LogP contribution >= 0.6 is 15.9 Å². The Morgan fingerprint density at radius 1 is 0.820 bits per heavy atom. The molecule has 14 N–H and O–H groups in total. The Kier molecular flexibility index (Phi) is 16.9. The van der Waals surface area contributed by atoms with Gasteiger partial charge in [-0.25, -0.2) is 15.2 Å². The number of imidazole rings is 1. The summed E-state index contributed by atoms with van der Waals surface area (Å²) in [5.41, 5.74) is 23.5. The molecule has 0 aliphatic heterocycles. The number of primary amides is 1. The van der Waals surface area contributed by atoms with Crippen LogP contribution in [0.15, 0.2) is 102 Å². The van der Waals surface area contributed by atoms with Crippen molar-refractivity contribution in [2.75, 3.05) is 6.54 Å². The quantitative estimate of drug-likeness (QED) is 0.0271. The zero-order valence-electron chi connectivity index (χ0n) is 33.6. The van der Waals surface area contributed by atoms with E-state index in [1.165, 1.54) is 13.3 Å². The van der Waals surface area contributed by atoms with Crippen LogP contribution in [0.1, 0.15) is 54.6 Å². The number of hydrazine groups is 1. The molecule has 3 unspecified atom stereocenters. The number of carbonyl (C=O) groups is 5. The maximum Gasteiger partial charge on any atom is 0.332 e. The number of fused-ring (bicyclic) bond motifs is 1. The Morgan fingerprint density at radius 3 is 2.23 bits per heavy atom. The average molecular weight is 902 g/mol. The summed E-state index contributed by atoms with van der Waals surface area (Å²) in [5.74, 6) is -2.64. The average Bonchev–Trinajstić information content (AvgIpc) is 3.93. The molecule has 19 heteroatoms. The lowest BCUT2D eigenvalue weighted by atomic mass is 10.0. The standard InChI is InChI=1S/C42H53BrN12O6/c1-25(50-41(60)36(31-22-48-33-12-6-5-11-30(31)33)53-39(58)32(45)20-29-21-47-24-49-29)38(57)54-55(23-27-14-16-28(43)17-15-27)42(61)52-35(19-26-9-3-2-4-10-26)40(59)51-34(37(46)56)13-7-8-18-44/h2-6,9-12,14-17,21-22,24-25,32,34-36,38,48,54,57H,7-8,13,18-20,23,44-45H2,1H3,(H2,46,56)(H,47,49)(H,50,60)(H,51,59)(H,52,61)(H,53,58)/t25-,32?,34-,35+,36?,38?/m0/s1. The molecule has 0 aliphatic carbocycles. The second kappa shape index (κ2) is 22.5. The molecule has 5 aromatic rings. The number of aliphatic hydroxyl groups excluding tert-OH is 1. The van der Waals surface area contributed by atoms with Crippen LogP contribution in [0.5, 0.6) is 0 Å². The van der Waals surface area contributed by atoms with Crippen LogP contribution in [0.25, 0.3) is 10.9 Å². The second-order valence-electron chi connectivity index (χ2n) is 14.6. The summed E-state index contributed by atoms with van der Waals surface area (Å²) in [6, 6.07) is 17.0. The molecule has 324 valence electrons. The smallest absolute Gasteiger partial charge is 0.332 e. The van der Waals surface area contributed by atoms with Crippen molar-refractivity contribution in [2.45, 2.75) is 82.0 Å². The number of H-pyrrole nitrogens is 2. The van der Waals surface area contributed by atoms with Gasteiger partial charge in [0.25, 0.3) is 0 Å². The number of aromatic amines is 2. The minimum Gasteiger partial charge on any atom is -0.375 e. The highest BCUT2D eigenvalue weighted by Crippen LogP contribution is 2.25. The molecule has 0 aliphatic rings. The number of nitrogens with one attached hydrogen (secondary N) is 7. The summed E-state index contributed by atoms with van der Waals surface area (Å²) >= 11 is 3.42. The van der Waals surface area contributed by atoms with E-state index in [0.717, 1.165) is 20.6 Å². The van der Waals surface area contributed by atoms with Gasteiger partial charge in [0, 0.05) is 51.9 Å². The van der Waals surface area contributed by atoms with Crippen molar-refractivity contribution in [1.82, 2.24) is 46.7 Å². The van der Waals surface area contributed by atoms with Gasteiger partial charge in [-0.1, -0.05) is 76.6 Å². The molecule has 61 heavy (non-hydrogen) atoms. The van der Waals surface area contributed by atoms with E-state index in [0.29, 0.717) is 41.6 Å². The zero-order chi connectivity index (χ0) is 43.9. The van der Waals surface area contributed by atoms with E-state index in [9.17, 15) is 29.1 Å². The van der Waals surface area contributed by atoms with Gasteiger partial charge in [-0.2, -0.15) is 0 Å². The minimum atomic E-state index is -1.59. The maximum atomic E-state index is 14.2. The van der Waals surface area contributed by atoms with Crippen molar-refractivity contribution in [3.63, 3.8) is 0 Å². The Balaban J connectivity index is 1.35. The summed E-state index contributed by atoms with van der Waals surface area (Å²) in [7, 11) is 0. The van der Waals surface area contributed by atoms with Gasteiger partial charge in [-0.15, -0.1) is 0 Å². The number of nitrogens with two attached hydrogens (primary N) is 3. The molecular weight excluding hydrogens is 848 g/mol. The topological polar surface area (TPSA) is 292 Å². The first-order valence-corrected chi connectivity index (χ1v) is 20.6. The lowest BCUT2D eigenvalue weighted by Gasteiger charge is -2.32. The number of nitrogens with zero attached hydrogens (tertiary/aromatic N) is 2. The zero-order valence-corrected chi connectivity index (χ0v) is 35.2. The molecular formula is C42H53BrN12O6. The highest BCUT2D eigenvalue weighted by molar-refractivity contribution is 9.10. The third-order valence-electron chi connectivity index (χ3n) is 9.95. The summed E-state index contributed by atoms with van der Waals surface area (Å²) < 4.78 is 0.797. The number of rotatable bonds is 22. The van der Waals surface area contributed by atoms with Crippen LogP contribution in [0, 0.1) is 0 Å². The number of unbranched alkanes of at least 4 members (excludes halogenated alkanes) is 1. The Bertz CT molecular complexity index is 2200. The molecule has 3 aromatic carbocycles. The Morgan fingerprint density at radius 2 is 1.54 bits per heavy atom. The maximum absolute atomic E-state index is 14.2. The molecule has 0 fully saturated rings. The third-order valence-corrected chi connectivity index (χ3v) is 10.5.